The second kappa shape index (κ2) is 30.6. The predicted molar refractivity (Wildman–Crippen MR) is 225 cm³/mol. The lowest BCUT2D eigenvalue weighted by molar-refractivity contribution is -0.160. The molecule has 0 aromatic carbocycles. The number of unbranched alkanes of at least 4 members (excludes halogenated alkanes) is 16. The largest absolute Gasteiger partial charge is 0.461 e. The predicted octanol–water partition coefficient (Wildman–Crippen LogP) is 9.51. The van der Waals surface area contributed by atoms with Crippen LogP contribution in [0.1, 0.15) is 194 Å². The number of nitrogens with zero attached hydrogens (tertiary/aromatic N) is 3. The first kappa shape index (κ1) is 49.6. The summed E-state index contributed by atoms with van der Waals surface area (Å²) < 4.78 is 26.7. The first-order valence-electron chi connectivity index (χ1n) is 22.8. The van der Waals surface area contributed by atoms with Gasteiger partial charge in [-0.3, -0.25) is 14.2 Å². The number of hydrogen-bond acceptors (Lipinski definition) is 9. The van der Waals surface area contributed by atoms with E-state index in [4.69, 9.17) is 18.9 Å². The Labute approximate surface area is 339 Å². The van der Waals surface area contributed by atoms with Crippen LogP contribution < -0.4 is 11.2 Å². The third-order valence-electron chi connectivity index (χ3n) is 10.9. The highest BCUT2D eigenvalue weighted by Gasteiger charge is 2.39. The third-order valence-corrected chi connectivity index (χ3v) is 10.9. The Balaban J connectivity index is 2.14. The van der Waals surface area contributed by atoms with Gasteiger partial charge in [0.05, 0.1) is 6.10 Å². The molecule has 56 heavy (non-hydrogen) atoms. The molecule has 0 radical (unpaired) electrons. The molecule has 5 atom stereocenters. The summed E-state index contributed by atoms with van der Waals surface area (Å²) in [5.74, 6) is -1.01. The van der Waals surface area contributed by atoms with E-state index in [1.807, 2.05) is 19.0 Å². The van der Waals surface area contributed by atoms with Gasteiger partial charge in [-0.25, -0.2) is 14.2 Å². The van der Waals surface area contributed by atoms with Crippen LogP contribution in [-0.2, 0) is 35.1 Å². The van der Waals surface area contributed by atoms with Crippen molar-refractivity contribution in [2.24, 2.45) is 0 Å². The molecule has 11 nitrogen and oxygen atoms in total. The topological polar surface area (TPSA) is 118 Å². The van der Waals surface area contributed by atoms with E-state index >= 15 is 0 Å². The second-order valence-electron chi connectivity index (χ2n) is 16.5. The number of esters is 2. The molecule has 0 bridgehead atoms. The smallest absolute Gasteiger partial charge is 0.333 e. The van der Waals surface area contributed by atoms with Crippen molar-refractivity contribution < 1.29 is 28.5 Å². The van der Waals surface area contributed by atoms with Crippen LogP contribution >= 0.6 is 0 Å². The van der Waals surface area contributed by atoms with Gasteiger partial charge in [-0.2, -0.15) is 0 Å². The minimum atomic E-state index is -0.893. The van der Waals surface area contributed by atoms with Gasteiger partial charge in [-0.15, -0.1) is 0 Å². The van der Waals surface area contributed by atoms with Crippen molar-refractivity contribution in [3.8, 4) is 0 Å². The number of likely N-dealkylation sites (N-methyl/N-ethyl adjacent to an activating group) is 1. The van der Waals surface area contributed by atoms with Gasteiger partial charge in [0.2, 0.25) is 0 Å². The molecule has 1 fully saturated rings. The van der Waals surface area contributed by atoms with E-state index in [0.717, 1.165) is 101 Å². The Bertz CT molecular complexity index is 1300. The molecule has 0 aliphatic carbocycles. The Morgan fingerprint density at radius 1 is 0.696 bits per heavy atom. The highest BCUT2D eigenvalue weighted by atomic mass is 16.6. The third kappa shape index (κ3) is 20.8. The molecule has 2 heterocycles. The fourth-order valence-electron chi connectivity index (χ4n) is 7.68. The monoisotopic (exact) mass is 792 g/mol. The summed E-state index contributed by atoms with van der Waals surface area (Å²) in [4.78, 5) is 55.5. The summed E-state index contributed by atoms with van der Waals surface area (Å²) in [6.45, 7) is 8.62. The molecule has 0 spiro atoms. The maximum Gasteiger partial charge on any atom is 0.333 e. The van der Waals surface area contributed by atoms with Crippen molar-refractivity contribution in [2.75, 3.05) is 27.2 Å². The molecule has 1 aromatic heterocycles. The summed E-state index contributed by atoms with van der Waals surface area (Å²) in [7, 11) is 3.88. The molecule has 2 unspecified atom stereocenters. The van der Waals surface area contributed by atoms with Gasteiger partial charge < -0.3 is 23.8 Å². The molecule has 0 amide bonds. The lowest BCUT2D eigenvalue weighted by Gasteiger charge is -2.23. The number of carbonyl (C=O) groups is 2. The fourth-order valence-corrected chi connectivity index (χ4v) is 7.68. The zero-order chi connectivity index (χ0) is 41.0. The van der Waals surface area contributed by atoms with E-state index < -0.39 is 42.1 Å². The lowest BCUT2D eigenvalue weighted by Crippen LogP contribution is -2.44. The molecule has 11 heteroatoms. The lowest BCUT2D eigenvalue weighted by atomic mass is 10.0. The van der Waals surface area contributed by atoms with Gasteiger partial charge in [-0.1, -0.05) is 130 Å². The average molecular weight is 792 g/mol. The second-order valence-corrected chi connectivity index (χ2v) is 16.5. The first-order valence-corrected chi connectivity index (χ1v) is 22.8. The van der Waals surface area contributed by atoms with Crippen LogP contribution in [0.3, 0.4) is 0 Å². The minimum absolute atomic E-state index is 0.140. The van der Waals surface area contributed by atoms with Crippen LogP contribution in [0.25, 0.3) is 0 Å². The zero-order valence-electron chi connectivity index (χ0n) is 36.4. The number of rotatable bonds is 34. The van der Waals surface area contributed by atoms with Crippen molar-refractivity contribution in [1.82, 2.24) is 14.0 Å². The molecule has 0 saturated carbocycles. The SMILES string of the molecule is CCCCCCCCC(CCCCCC)OC(=O)CO[C@@H]1C[C@@H](CN(C)C)O[C@H]1n1ccc(=O)n(CC(=O)OC(CCCCCC)CCCCCCCC)c1=O. The Kier molecular flexibility index (Phi) is 27.1. The van der Waals surface area contributed by atoms with E-state index in [1.165, 1.54) is 74.6 Å². The van der Waals surface area contributed by atoms with Crippen LogP contribution in [0, 0.1) is 0 Å². The van der Waals surface area contributed by atoms with Gasteiger partial charge in [0, 0.05) is 25.2 Å². The summed E-state index contributed by atoms with van der Waals surface area (Å²) in [6, 6.07) is 1.27. The van der Waals surface area contributed by atoms with E-state index in [1.54, 1.807) is 0 Å². The molecule has 324 valence electrons. The summed E-state index contributed by atoms with van der Waals surface area (Å²) >= 11 is 0. The average Bonchev–Trinajstić information content (AvgIpc) is 3.56. The van der Waals surface area contributed by atoms with E-state index in [2.05, 4.69) is 27.7 Å². The molecule has 0 N–H and O–H groups in total. The quantitative estimate of drug-likeness (QED) is 0.0497. The highest BCUT2D eigenvalue weighted by Crippen LogP contribution is 2.31. The molecule has 1 aliphatic heterocycles. The van der Waals surface area contributed by atoms with Crippen LogP contribution in [0.2, 0.25) is 0 Å². The van der Waals surface area contributed by atoms with Crippen molar-refractivity contribution in [3.05, 3.63) is 33.1 Å². The van der Waals surface area contributed by atoms with E-state index in [-0.39, 0.29) is 24.9 Å². The number of ether oxygens (including phenoxy) is 4. The van der Waals surface area contributed by atoms with Gasteiger partial charge in [0.1, 0.15) is 31.5 Å². The summed E-state index contributed by atoms with van der Waals surface area (Å²) in [6.07, 6.45) is 25.7. The minimum Gasteiger partial charge on any atom is -0.461 e. The van der Waals surface area contributed by atoms with Gasteiger partial charge in [0.25, 0.3) is 5.56 Å². The van der Waals surface area contributed by atoms with Crippen LogP contribution in [0.5, 0.6) is 0 Å². The van der Waals surface area contributed by atoms with Crippen molar-refractivity contribution >= 4 is 11.9 Å². The van der Waals surface area contributed by atoms with Gasteiger partial charge >= 0.3 is 17.6 Å². The molecular formula is C45H81N3O8. The van der Waals surface area contributed by atoms with E-state index in [0.29, 0.717) is 13.0 Å². The van der Waals surface area contributed by atoms with Crippen molar-refractivity contribution in [2.45, 2.75) is 225 Å². The van der Waals surface area contributed by atoms with Crippen LogP contribution in [-0.4, -0.2) is 77.6 Å². The fraction of sp³-hybridized carbons (Fsp3) is 0.867. The Morgan fingerprint density at radius 2 is 1.14 bits per heavy atom. The van der Waals surface area contributed by atoms with Crippen LogP contribution in [0.15, 0.2) is 21.9 Å². The highest BCUT2D eigenvalue weighted by molar-refractivity contribution is 5.71. The number of hydrogen-bond donors (Lipinski definition) is 0. The Morgan fingerprint density at radius 3 is 1.62 bits per heavy atom. The maximum atomic E-state index is 13.9. The standard InChI is InChI=1S/C45H81N3O8/c1-7-11-15-19-21-25-29-37(27-23-17-13-9-3)54-42(50)35-48-41(49)31-32-47(45(48)52)44-40(33-39(56-44)34-46(5)6)53-36-43(51)55-38(28-24-18-14-10-4)30-26-22-20-16-12-8-2/h31-32,37-40,44H,7-30,33-36H2,1-6H3/t37?,38?,39-,40+,44+/m0/s1. The maximum absolute atomic E-state index is 13.9. The molecular weight excluding hydrogens is 711 g/mol. The van der Waals surface area contributed by atoms with Gasteiger partial charge in [-0.05, 0) is 65.5 Å². The van der Waals surface area contributed by atoms with Crippen molar-refractivity contribution in [3.63, 3.8) is 0 Å². The van der Waals surface area contributed by atoms with Crippen molar-refractivity contribution in [1.29, 1.82) is 0 Å². The summed E-state index contributed by atoms with van der Waals surface area (Å²) in [5.41, 5.74) is -1.26. The summed E-state index contributed by atoms with van der Waals surface area (Å²) in [5, 5.41) is 0. The molecule has 1 aromatic rings. The Hall–Kier alpha value is -2.50. The molecule has 1 aliphatic rings. The van der Waals surface area contributed by atoms with Gasteiger partial charge in [0.15, 0.2) is 6.23 Å². The zero-order valence-corrected chi connectivity index (χ0v) is 36.4. The normalized spacial score (nSPS) is 18.0. The first-order chi connectivity index (χ1) is 27.1. The van der Waals surface area contributed by atoms with E-state index in [9.17, 15) is 19.2 Å². The number of aromatic nitrogens is 2. The molecule has 1 saturated heterocycles. The van der Waals surface area contributed by atoms with Crippen LogP contribution in [0.4, 0.5) is 0 Å². The number of carbonyl (C=O) groups excluding carboxylic acids is 2. The molecule has 2 rings (SSSR count).